The van der Waals surface area contributed by atoms with Crippen molar-refractivity contribution < 1.29 is 9.59 Å². The monoisotopic (exact) mass is 232 g/mol. The third kappa shape index (κ3) is 3.28. The summed E-state index contributed by atoms with van der Waals surface area (Å²) in [5, 5.41) is 8.59. The van der Waals surface area contributed by atoms with E-state index in [-0.39, 0.29) is 18.1 Å². The predicted octanol–water partition coefficient (Wildman–Crippen LogP) is -0.0993. The molecule has 0 fully saturated rings. The average Bonchev–Trinajstić information content (AvgIpc) is 2.35. The second kappa shape index (κ2) is 5.61. The molecule has 0 aliphatic rings. The minimum absolute atomic E-state index is 0.142. The van der Waals surface area contributed by atoms with Crippen LogP contribution in [0, 0.1) is 11.3 Å². The van der Waals surface area contributed by atoms with E-state index in [4.69, 9.17) is 11.0 Å². The van der Waals surface area contributed by atoms with Gasteiger partial charge >= 0.3 is 0 Å². The van der Waals surface area contributed by atoms with E-state index in [2.05, 4.69) is 4.98 Å². The van der Waals surface area contributed by atoms with Crippen LogP contribution in [0.4, 0.5) is 0 Å². The van der Waals surface area contributed by atoms with Gasteiger partial charge in [-0.1, -0.05) is 0 Å². The van der Waals surface area contributed by atoms with Gasteiger partial charge in [-0.15, -0.1) is 0 Å². The highest BCUT2D eigenvalue weighted by atomic mass is 16.2. The summed E-state index contributed by atoms with van der Waals surface area (Å²) in [6, 6.07) is 4.85. The lowest BCUT2D eigenvalue weighted by Gasteiger charge is -2.18. The lowest BCUT2D eigenvalue weighted by atomic mass is 10.2. The van der Waals surface area contributed by atoms with Crippen LogP contribution in [-0.2, 0) is 4.79 Å². The molecule has 0 spiro atoms. The molecular weight excluding hydrogens is 220 g/mol. The van der Waals surface area contributed by atoms with E-state index in [9.17, 15) is 9.59 Å². The zero-order chi connectivity index (χ0) is 12.8. The SMILES string of the molecule is CCN(CC(N)=O)C(=O)c1ccc(C#N)cn1. The normalized spacial score (nSPS) is 9.41. The molecular formula is C11H12N4O2. The average molecular weight is 232 g/mol. The number of carbonyl (C=O) groups is 2. The van der Waals surface area contributed by atoms with Gasteiger partial charge in [-0.25, -0.2) is 4.98 Å². The number of aromatic nitrogens is 1. The van der Waals surface area contributed by atoms with Gasteiger partial charge in [-0.05, 0) is 19.1 Å². The van der Waals surface area contributed by atoms with Crippen LogP contribution in [0.25, 0.3) is 0 Å². The van der Waals surface area contributed by atoms with Crippen LogP contribution >= 0.6 is 0 Å². The van der Waals surface area contributed by atoms with Gasteiger partial charge in [-0.3, -0.25) is 9.59 Å². The van der Waals surface area contributed by atoms with E-state index >= 15 is 0 Å². The Balaban J connectivity index is 2.86. The quantitative estimate of drug-likeness (QED) is 0.783. The molecule has 2 amide bonds. The summed E-state index contributed by atoms with van der Waals surface area (Å²) in [6.45, 7) is 1.96. The number of pyridine rings is 1. The molecule has 1 aromatic rings. The number of rotatable bonds is 4. The number of likely N-dealkylation sites (N-methyl/N-ethyl adjacent to an activating group) is 1. The first-order valence-corrected chi connectivity index (χ1v) is 5.02. The van der Waals surface area contributed by atoms with Crippen molar-refractivity contribution in [1.29, 1.82) is 5.26 Å². The van der Waals surface area contributed by atoms with Gasteiger partial charge in [0.15, 0.2) is 0 Å². The fourth-order valence-electron chi connectivity index (χ4n) is 1.26. The molecule has 0 atom stereocenters. The van der Waals surface area contributed by atoms with Crippen molar-refractivity contribution in [2.75, 3.05) is 13.1 Å². The molecule has 1 heterocycles. The molecule has 0 unspecified atom stereocenters. The predicted molar refractivity (Wildman–Crippen MR) is 59.7 cm³/mol. The van der Waals surface area contributed by atoms with Crippen molar-refractivity contribution in [3.8, 4) is 6.07 Å². The fraction of sp³-hybridized carbons (Fsp3) is 0.273. The van der Waals surface area contributed by atoms with Crippen molar-refractivity contribution in [3.05, 3.63) is 29.6 Å². The van der Waals surface area contributed by atoms with Crippen LogP contribution in [0.5, 0.6) is 0 Å². The molecule has 1 rings (SSSR count). The lowest BCUT2D eigenvalue weighted by Crippen LogP contribution is -2.38. The van der Waals surface area contributed by atoms with E-state index in [0.717, 1.165) is 0 Å². The zero-order valence-electron chi connectivity index (χ0n) is 9.38. The molecule has 6 nitrogen and oxygen atoms in total. The number of carbonyl (C=O) groups excluding carboxylic acids is 2. The van der Waals surface area contributed by atoms with Crippen LogP contribution in [0.2, 0.25) is 0 Å². The van der Waals surface area contributed by atoms with E-state index in [0.29, 0.717) is 12.1 Å². The Hall–Kier alpha value is -2.42. The number of amides is 2. The lowest BCUT2D eigenvalue weighted by molar-refractivity contribution is -0.118. The van der Waals surface area contributed by atoms with Crippen LogP contribution in [0.15, 0.2) is 18.3 Å². The topological polar surface area (TPSA) is 100 Å². The van der Waals surface area contributed by atoms with Gasteiger partial charge < -0.3 is 10.6 Å². The van der Waals surface area contributed by atoms with Gasteiger partial charge in [-0.2, -0.15) is 5.26 Å². The zero-order valence-corrected chi connectivity index (χ0v) is 9.38. The Morgan fingerprint density at radius 2 is 2.24 bits per heavy atom. The van der Waals surface area contributed by atoms with E-state index in [1.807, 2.05) is 6.07 Å². The molecule has 0 saturated heterocycles. The molecule has 0 aromatic carbocycles. The van der Waals surface area contributed by atoms with Gasteiger partial charge in [0.25, 0.3) is 5.91 Å². The second-order valence-electron chi connectivity index (χ2n) is 3.33. The van der Waals surface area contributed by atoms with E-state index in [1.165, 1.54) is 23.2 Å². The molecule has 0 aliphatic carbocycles. The smallest absolute Gasteiger partial charge is 0.272 e. The second-order valence-corrected chi connectivity index (χ2v) is 3.33. The number of primary amides is 1. The van der Waals surface area contributed by atoms with Crippen molar-refractivity contribution in [2.45, 2.75) is 6.92 Å². The molecule has 0 saturated carbocycles. The van der Waals surface area contributed by atoms with Crippen molar-refractivity contribution in [2.24, 2.45) is 5.73 Å². The first kappa shape index (κ1) is 12.6. The highest BCUT2D eigenvalue weighted by Gasteiger charge is 2.16. The molecule has 17 heavy (non-hydrogen) atoms. The summed E-state index contributed by atoms with van der Waals surface area (Å²) < 4.78 is 0. The van der Waals surface area contributed by atoms with Crippen LogP contribution in [-0.4, -0.2) is 34.8 Å². The van der Waals surface area contributed by atoms with E-state index in [1.54, 1.807) is 6.92 Å². The maximum Gasteiger partial charge on any atom is 0.272 e. The van der Waals surface area contributed by atoms with Crippen LogP contribution in [0.3, 0.4) is 0 Å². The molecule has 0 aliphatic heterocycles. The highest BCUT2D eigenvalue weighted by molar-refractivity contribution is 5.94. The van der Waals surface area contributed by atoms with Gasteiger partial charge in [0.2, 0.25) is 5.91 Å². The summed E-state index contributed by atoms with van der Waals surface area (Å²) in [4.78, 5) is 27.8. The summed E-state index contributed by atoms with van der Waals surface area (Å²) in [5.41, 5.74) is 5.60. The van der Waals surface area contributed by atoms with E-state index < -0.39 is 5.91 Å². The van der Waals surface area contributed by atoms with Gasteiger partial charge in [0.05, 0.1) is 12.1 Å². The first-order valence-electron chi connectivity index (χ1n) is 5.02. The number of hydrogen-bond donors (Lipinski definition) is 1. The summed E-state index contributed by atoms with van der Waals surface area (Å²) in [7, 11) is 0. The maximum absolute atomic E-state index is 11.9. The Morgan fingerprint density at radius 1 is 1.53 bits per heavy atom. The Bertz CT molecular complexity index is 461. The largest absolute Gasteiger partial charge is 0.368 e. The fourth-order valence-corrected chi connectivity index (χ4v) is 1.26. The minimum Gasteiger partial charge on any atom is -0.368 e. The molecule has 2 N–H and O–H groups in total. The first-order chi connectivity index (χ1) is 8.08. The molecule has 1 aromatic heterocycles. The highest BCUT2D eigenvalue weighted by Crippen LogP contribution is 2.03. The third-order valence-electron chi connectivity index (χ3n) is 2.13. The Labute approximate surface area is 98.7 Å². The van der Waals surface area contributed by atoms with Gasteiger partial charge in [0, 0.05) is 12.7 Å². The Kier molecular flexibility index (Phi) is 4.17. The minimum atomic E-state index is -0.575. The van der Waals surface area contributed by atoms with Gasteiger partial charge in [0.1, 0.15) is 11.8 Å². The number of nitrogens with zero attached hydrogens (tertiary/aromatic N) is 3. The molecule has 6 heteroatoms. The number of nitriles is 1. The standard InChI is InChI=1S/C11H12N4O2/c1-2-15(7-10(13)16)11(17)9-4-3-8(5-12)6-14-9/h3-4,6H,2,7H2,1H3,(H2,13,16). The van der Waals surface area contributed by atoms with Crippen molar-refractivity contribution in [3.63, 3.8) is 0 Å². The summed E-state index contributed by atoms with van der Waals surface area (Å²) in [6.07, 6.45) is 1.31. The van der Waals surface area contributed by atoms with Crippen LogP contribution in [0.1, 0.15) is 23.0 Å². The summed E-state index contributed by atoms with van der Waals surface area (Å²) >= 11 is 0. The molecule has 88 valence electrons. The molecule has 0 radical (unpaired) electrons. The van der Waals surface area contributed by atoms with Crippen LogP contribution < -0.4 is 5.73 Å². The maximum atomic E-state index is 11.9. The third-order valence-corrected chi connectivity index (χ3v) is 2.13. The molecule has 0 bridgehead atoms. The summed E-state index contributed by atoms with van der Waals surface area (Å²) in [5.74, 6) is -0.954. The Morgan fingerprint density at radius 3 is 2.65 bits per heavy atom. The number of hydrogen-bond acceptors (Lipinski definition) is 4. The van der Waals surface area contributed by atoms with Crippen molar-refractivity contribution in [1.82, 2.24) is 9.88 Å². The number of nitrogens with two attached hydrogens (primary N) is 1. The van der Waals surface area contributed by atoms with Crippen molar-refractivity contribution >= 4 is 11.8 Å².